The van der Waals surface area contributed by atoms with E-state index in [1.807, 2.05) is 0 Å². The molecule has 0 aromatic carbocycles. The van der Waals surface area contributed by atoms with Crippen molar-refractivity contribution in [3.8, 4) is 0 Å². The molecule has 0 aromatic heterocycles. The van der Waals surface area contributed by atoms with E-state index in [-0.39, 0.29) is 20.1 Å². The smallest absolute Gasteiger partial charge is 0.418 e. The minimum absolute atomic E-state index is 0. The Bertz CT molecular complexity index is 221. The van der Waals surface area contributed by atoms with Crippen molar-refractivity contribution in [2.24, 2.45) is 0 Å². The van der Waals surface area contributed by atoms with Crippen molar-refractivity contribution in [1.82, 2.24) is 0 Å². The van der Waals surface area contributed by atoms with Gasteiger partial charge in [0.15, 0.2) is 0 Å². The number of hydrogen-bond acceptors (Lipinski definition) is 0. The summed E-state index contributed by atoms with van der Waals surface area (Å²) in [6, 6.07) is 0. The van der Waals surface area contributed by atoms with E-state index in [4.69, 9.17) is 0 Å². The molecule has 0 saturated heterocycles. The maximum absolute atomic E-state index is 9.75. The first-order chi connectivity index (χ1) is 10.2. The predicted molar refractivity (Wildman–Crippen MR) is 85.5 cm³/mol. The van der Waals surface area contributed by atoms with E-state index in [9.17, 15) is 17.3 Å². The molecule has 0 N–H and O–H groups in total. The molecule has 0 heterocycles. The zero-order valence-corrected chi connectivity index (χ0v) is 16.2. The van der Waals surface area contributed by atoms with Gasteiger partial charge in [-0.1, -0.05) is 20.8 Å². The summed E-state index contributed by atoms with van der Waals surface area (Å²) in [7, 11) is -6.00. The van der Waals surface area contributed by atoms with Gasteiger partial charge in [-0.15, -0.1) is 0 Å². The second-order valence-electron chi connectivity index (χ2n) is 5.11. The second kappa shape index (κ2) is 14.8. The fraction of sp³-hybridized carbons (Fsp3) is 0.412. The summed E-state index contributed by atoms with van der Waals surface area (Å²) >= 11 is 0. The molecule has 0 bridgehead atoms. The molecule has 2 fully saturated rings. The Morgan fingerprint density at radius 2 is 0.957 bits per heavy atom. The minimum Gasteiger partial charge on any atom is -0.418 e. The maximum atomic E-state index is 9.75. The van der Waals surface area contributed by atoms with Crippen LogP contribution in [0.5, 0.6) is 0 Å². The molecule has 0 atom stereocenters. The van der Waals surface area contributed by atoms with Gasteiger partial charge in [-0.2, -0.15) is 0 Å². The van der Waals surface area contributed by atoms with Gasteiger partial charge in [-0.25, -0.2) is 0 Å². The first kappa shape index (κ1) is 25.7. The fourth-order valence-electron chi connectivity index (χ4n) is 1.75. The minimum atomic E-state index is -6.00. The molecular weight excluding hydrogens is 483 g/mol. The van der Waals surface area contributed by atoms with Crippen LogP contribution in [0, 0.1) is 62.7 Å². The van der Waals surface area contributed by atoms with Crippen LogP contribution >= 0.6 is 0 Å². The Kier molecular flexibility index (Phi) is 16.5. The van der Waals surface area contributed by atoms with E-state index in [1.54, 1.807) is 0 Å². The topological polar surface area (TPSA) is 0 Å². The molecule has 0 spiro atoms. The monoisotopic (exact) mass is 508 g/mol. The van der Waals surface area contributed by atoms with Crippen LogP contribution in [0.15, 0.2) is 0 Å². The summed E-state index contributed by atoms with van der Waals surface area (Å²) in [5.74, 6) is 4.18. The molecule has 11 radical (unpaired) electrons. The molecule has 2 aliphatic rings. The van der Waals surface area contributed by atoms with Crippen LogP contribution < -0.4 is 0 Å². The van der Waals surface area contributed by atoms with E-state index in [2.05, 4.69) is 65.7 Å². The van der Waals surface area contributed by atoms with Gasteiger partial charge in [0.25, 0.3) is 0 Å². The third kappa shape index (κ3) is 18.6. The van der Waals surface area contributed by atoms with E-state index in [1.165, 1.54) is 43.4 Å². The summed E-state index contributed by atoms with van der Waals surface area (Å²) < 4.78 is 39.0. The Morgan fingerprint density at radius 3 is 1.17 bits per heavy atom. The molecule has 6 heteroatoms. The molecule has 0 amide bonds. The largest absolute Gasteiger partial charge is 0.673 e. The summed E-state index contributed by atoms with van der Waals surface area (Å²) in [4.78, 5) is 0. The molecule has 2 saturated carbocycles. The van der Waals surface area contributed by atoms with Gasteiger partial charge in [0.1, 0.15) is 0 Å². The van der Waals surface area contributed by atoms with Crippen molar-refractivity contribution >= 4 is 7.25 Å². The van der Waals surface area contributed by atoms with Crippen LogP contribution in [0.25, 0.3) is 0 Å². The average molecular weight is 507 g/mol. The Morgan fingerprint density at radius 1 is 0.696 bits per heavy atom. The standard InChI is InChI=1S/C9H12.C8H12.BF4.Ir/c1-7-5-4-6-8(2)9(7)3;1-2-4-6-8-7-5-3-1;2-1(3,4)5;/h4-6H,1-3H3;1-2,7-8H,3-6H2;;/q;;-1;. The van der Waals surface area contributed by atoms with Gasteiger partial charge >= 0.3 is 7.25 Å². The van der Waals surface area contributed by atoms with Crippen LogP contribution in [0.4, 0.5) is 17.3 Å². The Balaban J connectivity index is 0. The third-order valence-electron chi connectivity index (χ3n) is 3.21. The van der Waals surface area contributed by atoms with Crippen LogP contribution in [0.1, 0.15) is 46.5 Å². The van der Waals surface area contributed by atoms with Crippen molar-refractivity contribution in [2.45, 2.75) is 46.5 Å². The number of hydrogen-bond donors (Lipinski definition) is 0. The Labute approximate surface area is 154 Å². The van der Waals surface area contributed by atoms with Gasteiger partial charge in [0.05, 0.1) is 0 Å². The molecule has 2 rings (SSSR count). The van der Waals surface area contributed by atoms with Gasteiger partial charge < -0.3 is 17.3 Å². The van der Waals surface area contributed by atoms with Crippen molar-refractivity contribution < 1.29 is 37.4 Å². The Hall–Kier alpha value is 0.434. The molecular formula is C17H24BF4Ir-. The van der Waals surface area contributed by atoms with Crippen LogP contribution in [-0.2, 0) is 20.1 Å². The molecule has 0 aliphatic heterocycles. The van der Waals surface area contributed by atoms with E-state index in [0.717, 1.165) is 0 Å². The molecule has 2 aliphatic carbocycles. The summed E-state index contributed by atoms with van der Waals surface area (Å²) in [5.41, 5.74) is 0. The molecule has 0 unspecified atom stereocenters. The normalized spacial score (nSPS) is 21.5. The first-order valence-corrected chi connectivity index (χ1v) is 7.42. The number of halogens is 4. The quantitative estimate of drug-likeness (QED) is 0.276. The first-order valence-electron chi connectivity index (χ1n) is 7.42. The van der Waals surface area contributed by atoms with Crippen LogP contribution in [-0.4, -0.2) is 7.25 Å². The van der Waals surface area contributed by atoms with Gasteiger partial charge in [-0.05, 0) is 88.4 Å². The van der Waals surface area contributed by atoms with Crippen molar-refractivity contribution in [3.05, 3.63) is 62.7 Å². The zero-order valence-electron chi connectivity index (χ0n) is 13.8. The predicted octanol–water partition coefficient (Wildman–Crippen LogP) is 6.07. The summed E-state index contributed by atoms with van der Waals surface area (Å²) in [6.45, 7) is 6.44. The second-order valence-corrected chi connectivity index (χ2v) is 5.11. The third-order valence-corrected chi connectivity index (χ3v) is 3.21. The molecule has 133 valence electrons. The van der Waals surface area contributed by atoms with Crippen molar-refractivity contribution in [2.75, 3.05) is 0 Å². The van der Waals surface area contributed by atoms with Crippen LogP contribution in [0.2, 0.25) is 0 Å². The summed E-state index contributed by atoms with van der Waals surface area (Å²) in [5, 5.41) is 0. The van der Waals surface area contributed by atoms with Crippen molar-refractivity contribution in [3.63, 3.8) is 0 Å². The van der Waals surface area contributed by atoms with E-state index >= 15 is 0 Å². The molecule has 23 heavy (non-hydrogen) atoms. The SMILES string of the molecule is C[C]1[CH][CH][CH][C](C)[C]1C.F[B-](F)(F)F.[CH]1[CH]CC[CH][CH]CC1.[Ir]. The van der Waals surface area contributed by atoms with Gasteiger partial charge in [0, 0.05) is 20.1 Å². The fourth-order valence-corrected chi connectivity index (χ4v) is 1.75. The van der Waals surface area contributed by atoms with E-state index < -0.39 is 7.25 Å². The maximum Gasteiger partial charge on any atom is 0.673 e. The molecule has 0 aromatic rings. The van der Waals surface area contributed by atoms with Gasteiger partial charge in [-0.3, -0.25) is 0 Å². The van der Waals surface area contributed by atoms with Gasteiger partial charge in [0.2, 0.25) is 0 Å². The summed E-state index contributed by atoms with van der Waals surface area (Å²) in [6.07, 6.45) is 20.4. The van der Waals surface area contributed by atoms with Crippen LogP contribution in [0.3, 0.4) is 0 Å². The van der Waals surface area contributed by atoms with E-state index in [0.29, 0.717) is 0 Å². The average Bonchev–Trinajstić information content (AvgIpc) is 2.34. The zero-order chi connectivity index (χ0) is 17.0. The molecule has 0 nitrogen and oxygen atoms in total. The number of rotatable bonds is 0. The van der Waals surface area contributed by atoms with Crippen molar-refractivity contribution in [1.29, 1.82) is 0 Å².